The molecule has 1 aliphatic rings. The SMILES string of the molecule is O=C(O)[C@@H]1CC=CC[C@H]1C(=O)Nc1ncn[nH]1. The fraction of sp³-hybridized carbons (Fsp3) is 0.400. The lowest BCUT2D eigenvalue weighted by atomic mass is 9.82. The lowest BCUT2D eigenvalue weighted by molar-refractivity contribution is -0.146. The third kappa shape index (κ3) is 2.49. The van der Waals surface area contributed by atoms with E-state index in [1.54, 1.807) is 6.08 Å². The number of rotatable bonds is 3. The zero-order valence-corrected chi connectivity index (χ0v) is 8.96. The Bertz CT molecular complexity index is 440. The predicted molar refractivity (Wildman–Crippen MR) is 58.0 cm³/mol. The van der Waals surface area contributed by atoms with E-state index in [4.69, 9.17) is 5.11 Å². The molecule has 1 aliphatic carbocycles. The molecule has 2 atom stereocenters. The second-order valence-corrected chi connectivity index (χ2v) is 3.82. The molecular formula is C10H12N4O3. The van der Waals surface area contributed by atoms with Crippen LogP contribution < -0.4 is 5.32 Å². The van der Waals surface area contributed by atoms with Crippen molar-refractivity contribution in [3.8, 4) is 0 Å². The zero-order chi connectivity index (χ0) is 12.3. The number of nitrogens with zero attached hydrogens (tertiary/aromatic N) is 2. The van der Waals surface area contributed by atoms with Gasteiger partial charge in [0.1, 0.15) is 6.33 Å². The molecule has 0 saturated carbocycles. The summed E-state index contributed by atoms with van der Waals surface area (Å²) >= 11 is 0. The normalized spacial score (nSPS) is 23.3. The molecule has 7 heteroatoms. The molecule has 0 saturated heterocycles. The molecule has 1 aromatic heterocycles. The Kier molecular flexibility index (Phi) is 3.17. The molecule has 0 radical (unpaired) electrons. The van der Waals surface area contributed by atoms with E-state index < -0.39 is 17.8 Å². The second kappa shape index (κ2) is 4.77. The Hall–Kier alpha value is -2.18. The van der Waals surface area contributed by atoms with Crippen molar-refractivity contribution in [3.63, 3.8) is 0 Å². The Balaban J connectivity index is 2.07. The first-order valence-electron chi connectivity index (χ1n) is 5.22. The number of anilines is 1. The van der Waals surface area contributed by atoms with Gasteiger partial charge in [0.25, 0.3) is 0 Å². The summed E-state index contributed by atoms with van der Waals surface area (Å²) in [5.74, 6) is -2.32. The first-order valence-corrected chi connectivity index (χ1v) is 5.22. The van der Waals surface area contributed by atoms with Gasteiger partial charge in [-0.1, -0.05) is 12.2 Å². The van der Waals surface area contributed by atoms with Crippen molar-refractivity contribution in [2.24, 2.45) is 11.8 Å². The second-order valence-electron chi connectivity index (χ2n) is 3.82. The number of aromatic nitrogens is 3. The molecule has 90 valence electrons. The van der Waals surface area contributed by atoms with E-state index in [1.165, 1.54) is 6.33 Å². The molecule has 0 bridgehead atoms. The number of hydrogen-bond donors (Lipinski definition) is 3. The molecule has 0 unspecified atom stereocenters. The van der Waals surface area contributed by atoms with E-state index in [9.17, 15) is 9.59 Å². The smallest absolute Gasteiger partial charge is 0.307 e. The molecule has 1 heterocycles. The number of allylic oxidation sites excluding steroid dienone is 2. The largest absolute Gasteiger partial charge is 0.481 e. The third-order valence-electron chi connectivity index (χ3n) is 2.74. The van der Waals surface area contributed by atoms with Crippen molar-refractivity contribution in [2.75, 3.05) is 5.32 Å². The van der Waals surface area contributed by atoms with Crippen molar-refractivity contribution >= 4 is 17.8 Å². The van der Waals surface area contributed by atoms with Gasteiger partial charge >= 0.3 is 5.97 Å². The van der Waals surface area contributed by atoms with Crippen LogP contribution in [0.25, 0.3) is 0 Å². The van der Waals surface area contributed by atoms with Gasteiger partial charge in [-0.15, -0.1) is 0 Å². The van der Waals surface area contributed by atoms with Gasteiger partial charge in [-0.05, 0) is 12.8 Å². The minimum absolute atomic E-state index is 0.230. The van der Waals surface area contributed by atoms with Crippen LogP contribution in [0.15, 0.2) is 18.5 Å². The molecule has 0 aromatic carbocycles. The highest BCUT2D eigenvalue weighted by Gasteiger charge is 2.34. The maximum Gasteiger partial charge on any atom is 0.307 e. The summed E-state index contributed by atoms with van der Waals surface area (Å²) in [6.07, 6.45) is 5.69. The minimum Gasteiger partial charge on any atom is -0.481 e. The number of aromatic amines is 1. The summed E-state index contributed by atoms with van der Waals surface area (Å²) in [5, 5.41) is 17.6. The van der Waals surface area contributed by atoms with Gasteiger partial charge < -0.3 is 5.11 Å². The quantitative estimate of drug-likeness (QED) is 0.659. The third-order valence-corrected chi connectivity index (χ3v) is 2.74. The monoisotopic (exact) mass is 236 g/mol. The molecule has 17 heavy (non-hydrogen) atoms. The van der Waals surface area contributed by atoms with E-state index in [1.807, 2.05) is 6.08 Å². The summed E-state index contributed by atoms with van der Waals surface area (Å²) in [6.45, 7) is 0. The van der Waals surface area contributed by atoms with Crippen molar-refractivity contribution in [2.45, 2.75) is 12.8 Å². The van der Waals surface area contributed by atoms with Crippen molar-refractivity contribution in [1.29, 1.82) is 0 Å². The number of hydrogen-bond acceptors (Lipinski definition) is 4. The van der Waals surface area contributed by atoms with Crippen LogP contribution in [0.4, 0.5) is 5.95 Å². The summed E-state index contributed by atoms with van der Waals surface area (Å²) in [7, 11) is 0. The minimum atomic E-state index is -0.952. The standard InChI is InChI=1S/C10H12N4O3/c15-8(13-10-11-5-12-14-10)6-3-1-2-4-7(6)9(16)17/h1-2,5-7H,3-4H2,(H,16,17)(H2,11,12,13,14,15)/t6-,7-/m1/s1. The van der Waals surface area contributed by atoms with Crippen LogP contribution in [0.1, 0.15) is 12.8 Å². The van der Waals surface area contributed by atoms with Crippen molar-refractivity contribution < 1.29 is 14.7 Å². The van der Waals surface area contributed by atoms with Gasteiger partial charge in [0.05, 0.1) is 11.8 Å². The Morgan fingerprint density at radius 3 is 2.65 bits per heavy atom. The molecule has 0 aliphatic heterocycles. The lowest BCUT2D eigenvalue weighted by Crippen LogP contribution is -2.35. The topological polar surface area (TPSA) is 108 Å². The number of carboxylic acids is 1. The average Bonchev–Trinajstić information content (AvgIpc) is 2.81. The highest BCUT2D eigenvalue weighted by molar-refractivity contribution is 5.94. The maximum atomic E-state index is 11.9. The van der Waals surface area contributed by atoms with Crippen LogP contribution in [-0.2, 0) is 9.59 Å². The highest BCUT2D eigenvalue weighted by Crippen LogP contribution is 2.26. The van der Waals surface area contributed by atoms with Gasteiger partial charge in [0.15, 0.2) is 0 Å². The van der Waals surface area contributed by atoms with E-state index in [2.05, 4.69) is 20.5 Å². The molecule has 0 spiro atoms. The molecule has 0 fully saturated rings. The molecule has 1 aromatic rings. The Morgan fingerprint density at radius 1 is 1.35 bits per heavy atom. The summed E-state index contributed by atoms with van der Waals surface area (Å²) in [4.78, 5) is 26.7. The number of nitrogens with one attached hydrogen (secondary N) is 2. The molecule has 2 rings (SSSR count). The van der Waals surface area contributed by atoms with Gasteiger partial charge in [-0.2, -0.15) is 10.1 Å². The lowest BCUT2D eigenvalue weighted by Gasteiger charge is -2.23. The highest BCUT2D eigenvalue weighted by atomic mass is 16.4. The fourth-order valence-electron chi connectivity index (χ4n) is 1.85. The number of H-pyrrole nitrogens is 1. The summed E-state index contributed by atoms with van der Waals surface area (Å²) in [5.41, 5.74) is 0. The number of amides is 1. The van der Waals surface area contributed by atoms with Crippen LogP contribution >= 0.6 is 0 Å². The van der Waals surface area contributed by atoms with Gasteiger partial charge in [0, 0.05) is 0 Å². The maximum absolute atomic E-state index is 11.9. The number of carbonyl (C=O) groups is 2. The number of aliphatic carboxylic acids is 1. The van der Waals surface area contributed by atoms with Crippen LogP contribution in [0.2, 0.25) is 0 Å². The van der Waals surface area contributed by atoms with Gasteiger partial charge in [-0.3, -0.25) is 14.9 Å². The fourth-order valence-corrected chi connectivity index (χ4v) is 1.85. The van der Waals surface area contributed by atoms with Gasteiger partial charge in [-0.25, -0.2) is 5.10 Å². The number of carboxylic acid groups (broad SMARTS) is 1. The Labute approximate surface area is 96.9 Å². The van der Waals surface area contributed by atoms with E-state index in [0.29, 0.717) is 12.8 Å². The number of carbonyl (C=O) groups excluding carboxylic acids is 1. The predicted octanol–water partition coefficient (Wildman–Crippen LogP) is 0.410. The molecule has 7 nitrogen and oxygen atoms in total. The molecule has 1 amide bonds. The van der Waals surface area contributed by atoms with Crippen molar-refractivity contribution in [1.82, 2.24) is 15.2 Å². The first-order chi connectivity index (χ1) is 8.18. The van der Waals surface area contributed by atoms with Crippen LogP contribution in [0.3, 0.4) is 0 Å². The van der Waals surface area contributed by atoms with E-state index >= 15 is 0 Å². The molecule has 3 N–H and O–H groups in total. The average molecular weight is 236 g/mol. The summed E-state index contributed by atoms with van der Waals surface area (Å²) < 4.78 is 0. The van der Waals surface area contributed by atoms with E-state index in [-0.39, 0.29) is 11.9 Å². The van der Waals surface area contributed by atoms with E-state index in [0.717, 1.165) is 0 Å². The van der Waals surface area contributed by atoms with Gasteiger partial charge in [0.2, 0.25) is 11.9 Å². The van der Waals surface area contributed by atoms with Crippen LogP contribution in [0, 0.1) is 11.8 Å². The van der Waals surface area contributed by atoms with Crippen molar-refractivity contribution in [3.05, 3.63) is 18.5 Å². The first kappa shape index (κ1) is 11.3. The Morgan fingerprint density at radius 2 is 2.06 bits per heavy atom. The zero-order valence-electron chi connectivity index (χ0n) is 8.96. The van der Waals surface area contributed by atoms with Crippen LogP contribution in [-0.4, -0.2) is 32.2 Å². The molecular weight excluding hydrogens is 224 g/mol. The summed E-state index contributed by atoms with van der Waals surface area (Å²) in [6, 6.07) is 0. The van der Waals surface area contributed by atoms with Crippen LogP contribution in [0.5, 0.6) is 0 Å².